The molecule has 25 heavy (non-hydrogen) atoms. The molecule has 2 amide bonds. The number of anilines is 1. The summed E-state index contributed by atoms with van der Waals surface area (Å²) in [4.78, 5) is 12.5. The van der Waals surface area contributed by atoms with Crippen LogP contribution in [0.1, 0.15) is 12.0 Å². The number of hydrogen-bond acceptors (Lipinski definition) is 3. The number of carbonyl (C=O) groups excluding carboxylic acids is 1. The van der Waals surface area contributed by atoms with Crippen molar-refractivity contribution in [2.75, 3.05) is 23.4 Å². The van der Waals surface area contributed by atoms with Crippen LogP contribution < -0.4 is 10.6 Å². The lowest BCUT2D eigenvalue weighted by Crippen LogP contribution is -2.40. The third-order valence-electron chi connectivity index (χ3n) is 3.86. The van der Waals surface area contributed by atoms with Crippen LogP contribution in [-0.4, -0.2) is 24.1 Å². The van der Waals surface area contributed by atoms with E-state index in [4.69, 9.17) is 0 Å². The number of rotatable bonds is 4. The predicted molar refractivity (Wildman–Crippen MR) is 117 cm³/mol. The number of hydrogen-bond donors (Lipinski definition) is 2. The number of halogens is 2. The summed E-state index contributed by atoms with van der Waals surface area (Å²) < 4.78 is 1.56. The van der Waals surface area contributed by atoms with Crippen LogP contribution >= 0.6 is 55.4 Å². The molecule has 0 aliphatic carbocycles. The molecular weight excluding hydrogens is 484 g/mol. The molecule has 0 atom stereocenters. The Labute approximate surface area is 173 Å². The Kier molecular flexibility index (Phi) is 6.77. The largest absolute Gasteiger partial charge is 0.335 e. The van der Waals surface area contributed by atoms with E-state index in [0.29, 0.717) is 6.54 Å². The highest BCUT2D eigenvalue weighted by atomic mass is 79.9. The molecule has 132 valence electrons. The highest BCUT2D eigenvalue weighted by molar-refractivity contribution is 9.11. The molecule has 0 unspecified atom stereocenters. The second kappa shape index (κ2) is 8.84. The summed E-state index contributed by atoms with van der Waals surface area (Å²) >= 11 is 10.8. The second-order valence-corrected chi connectivity index (χ2v) is 10.3. The third-order valence-corrected chi connectivity index (χ3v) is 8.56. The van der Waals surface area contributed by atoms with Gasteiger partial charge >= 0.3 is 6.03 Å². The van der Waals surface area contributed by atoms with E-state index in [-0.39, 0.29) is 10.1 Å². The Morgan fingerprint density at radius 1 is 1.00 bits per heavy atom. The Morgan fingerprint density at radius 3 is 2.28 bits per heavy atom. The minimum absolute atomic E-state index is 0.123. The number of nitrogens with one attached hydrogen (secondary N) is 2. The summed E-state index contributed by atoms with van der Waals surface area (Å²) in [6.45, 7) is 0.584. The Bertz CT molecular complexity index is 717. The van der Waals surface area contributed by atoms with E-state index >= 15 is 0 Å². The molecule has 1 saturated heterocycles. The molecule has 0 spiro atoms. The van der Waals surface area contributed by atoms with Gasteiger partial charge in [0.05, 0.1) is 5.69 Å². The van der Waals surface area contributed by atoms with Gasteiger partial charge in [-0.1, -0.05) is 36.4 Å². The highest BCUT2D eigenvalue weighted by Crippen LogP contribution is 2.49. The second-order valence-electron chi connectivity index (χ2n) is 5.57. The van der Waals surface area contributed by atoms with Gasteiger partial charge < -0.3 is 10.6 Å². The molecular formula is C18H18Br2N2OS2. The minimum Gasteiger partial charge on any atom is -0.335 e. The van der Waals surface area contributed by atoms with E-state index in [9.17, 15) is 4.79 Å². The van der Waals surface area contributed by atoms with E-state index in [0.717, 1.165) is 26.1 Å². The van der Waals surface area contributed by atoms with Crippen molar-refractivity contribution in [2.45, 2.75) is 10.5 Å². The molecule has 3 rings (SSSR count). The molecule has 7 heteroatoms. The monoisotopic (exact) mass is 500 g/mol. The summed E-state index contributed by atoms with van der Waals surface area (Å²) in [5.74, 6) is 2.22. The van der Waals surface area contributed by atoms with Crippen LogP contribution in [0, 0.1) is 0 Å². The fourth-order valence-electron chi connectivity index (χ4n) is 2.61. The van der Waals surface area contributed by atoms with Crippen molar-refractivity contribution in [1.29, 1.82) is 0 Å². The lowest BCUT2D eigenvalue weighted by Gasteiger charge is -2.36. The molecule has 0 radical (unpaired) electrons. The Morgan fingerprint density at radius 2 is 1.64 bits per heavy atom. The van der Waals surface area contributed by atoms with E-state index in [1.54, 1.807) is 0 Å². The van der Waals surface area contributed by atoms with Crippen molar-refractivity contribution in [3.05, 3.63) is 63.0 Å². The predicted octanol–water partition coefficient (Wildman–Crippen LogP) is 6.06. The molecule has 2 N–H and O–H groups in total. The van der Waals surface area contributed by atoms with Gasteiger partial charge in [0.1, 0.15) is 4.08 Å². The zero-order chi connectivity index (χ0) is 17.7. The van der Waals surface area contributed by atoms with Gasteiger partial charge in [0.25, 0.3) is 0 Å². The quantitative estimate of drug-likeness (QED) is 0.535. The SMILES string of the molecule is O=C(NCC1(c2ccccc2)SCCCS1)Nc1c(Br)cccc1Br. The van der Waals surface area contributed by atoms with Gasteiger partial charge in [0.15, 0.2) is 0 Å². The summed E-state index contributed by atoms with van der Waals surface area (Å²) in [5, 5.41) is 5.99. The van der Waals surface area contributed by atoms with Crippen LogP contribution in [0.15, 0.2) is 57.5 Å². The van der Waals surface area contributed by atoms with Crippen molar-refractivity contribution < 1.29 is 4.79 Å². The number of amides is 2. The number of carbonyl (C=O) groups is 1. The smallest absolute Gasteiger partial charge is 0.319 e. The van der Waals surface area contributed by atoms with Crippen LogP contribution in [0.3, 0.4) is 0 Å². The zero-order valence-corrected chi connectivity index (χ0v) is 18.2. The first-order valence-corrected chi connectivity index (χ1v) is 11.5. The molecule has 0 aromatic heterocycles. The standard InChI is InChI=1S/C18H18Br2N2OS2/c19-14-8-4-9-15(20)16(14)22-17(23)21-12-18(24-10-5-11-25-18)13-6-2-1-3-7-13/h1-4,6-9H,5,10-12H2,(H2,21,22,23). The summed E-state index contributed by atoms with van der Waals surface area (Å²) in [5.41, 5.74) is 1.99. The molecule has 2 aromatic rings. The zero-order valence-electron chi connectivity index (χ0n) is 13.4. The van der Waals surface area contributed by atoms with Crippen LogP contribution in [-0.2, 0) is 4.08 Å². The van der Waals surface area contributed by atoms with Crippen LogP contribution in [0.4, 0.5) is 10.5 Å². The maximum atomic E-state index is 12.5. The Balaban J connectivity index is 1.70. The number of para-hydroxylation sites is 1. The number of benzene rings is 2. The molecule has 0 saturated carbocycles. The average Bonchev–Trinajstić information content (AvgIpc) is 2.65. The Hall–Kier alpha value is -0.630. The van der Waals surface area contributed by atoms with Gasteiger partial charge in [-0.2, -0.15) is 0 Å². The van der Waals surface area contributed by atoms with E-state index in [1.165, 1.54) is 12.0 Å². The first-order chi connectivity index (χ1) is 12.1. The molecule has 2 aromatic carbocycles. The van der Waals surface area contributed by atoms with Gasteiger partial charge in [-0.15, -0.1) is 23.5 Å². The van der Waals surface area contributed by atoms with Crippen LogP contribution in [0.5, 0.6) is 0 Å². The average molecular weight is 502 g/mol. The van der Waals surface area contributed by atoms with Crippen molar-refractivity contribution in [2.24, 2.45) is 0 Å². The highest BCUT2D eigenvalue weighted by Gasteiger charge is 2.36. The first-order valence-electron chi connectivity index (χ1n) is 7.93. The van der Waals surface area contributed by atoms with Gasteiger partial charge in [0.2, 0.25) is 0 Å². The van der Waals surface area contributed by atoms with Crippen molar-refractivity contribution >= 4 is 67.1 Å². The molecule has 1 heterocycles. The van der Waals surface area contributed by atoms with Crippen LogP contribution in [0.2, 0.25) is 0 Å². The lowest BCUT2D eigenvalue weighted by atomic mass is 10.1. The molecule has 1 aliphatic heterocycles. The van der Waals surface area contributed by atoms with Crippen molar-refractivity contribution in [3.63, 3.8) is 0 Å². The molecule has 0 bridgehead atoms. The fourth-order valence-corrected chi connectivity index (χ4v) is 7.01. The van der Waals surface area contributed by atoms with Crippen molar-refractivity contribution in [1.82, 2.24) is 5.32 Å². The van der Waals surface area contributed by atoms with Gasteiger partial charge in [-0.25, -0.2) is 4.79 Å². The fraction of sp³-hybridized carbons (Fsp3) is 0.278. The lowest BCUT2D eigenvalue weighted by molar-refractivity contribution is 0.252. The first kappa shape index (κ1) is 19.1. The third kappa shape index (κ3) is 4.76. The van der Waals surface area contributed by atoms with E-state index in [1.807, 2.05) is 47.8 Å². The normalized spacial score (nSPS) is 16.2. The van der Waals surface area contributed by atoms with Gasteiger partial charge in [-0.3, -0.25) is 0 Å². The van der Waals surface area contributed by atoms with Gasteiger partial charge in [0, 0.05) is 15.5 Å². The number of urea groups is 1. The van der Waals surface area contributed by atoms with E-state index in [2.05, 4.69) is 66.8 Å². The minimum atomic E-state index is -0.199. The molecule has 3 nitrogen and oxygen atoms in total. The van der Waals surface area contributed by atoms with E-state index < -0.39 is 0 Å². The molecule has 1 fully saturated rings. The maximum Gasteiger partial charge on any atom is 0.319 e. The molecule has 1 aliphatic rings. The summed E-state index contributed by atoms with van der Waals surface area (Å²) in [7, 11) is 0. The van der Waals surface area contributed by atoms with Crippen molar-refractivity contribution in [3.8, 4) is 0 Å². The van der Waals surface area contributed by atoms with Gasteiger partial charge in [-0.05, 0) is 67.5 Å². The summed E-state index contributed by atoms with van der Waals surface area (Å²) in [6, 6.07) is 16.0. The summed E-state index contributed by atoms with van der Waals surface area (Å²) in [6.07, 6.45) is 1.21. The van der Waals surface area contributed by atoms with Crippen LogP contribution in [0.25, 0.3) is 0 Å². The topological polar surface area (TPSA) is 41.1 Å². The number of thioether (sulfide) groups is 2. The maximum absolute atomic E-state index is 12.5.